The fourth-order valence-electron chi connectivity index (χ4n) is 1.54. The first-order chi connectivity index (χ1) is 5.47. The van der Waals surface area contributed by atoms with Crippen LogP contribution in [0.3, 0.4) is 0 Å². The maximum Gasteiger partial charge on any atom is 1.00 e. The Hall–Kier alpha value is 1.23. The van der Waals surface area contributed by atoms with E-state index in [4.69, 9.17) is 0 Å². The standard InChI is InChI=1S/C8H13BF3.K/c1-7(6-9(10,11)12)5-8-3-2-4-8;/h6,8H,2-5H2,1H3;/q-1;+1/b7-6+;. The second-order valence-electron chi connectivity index (χ2n) is 3.64. The van der Waals surface area contributed by atoms with Crippen LogP contribution in [0.2, 0.25) is 0 Å². The van der Waals surface area contributed by atoms with Crippen LogP contribution in [-0.2, 0) is 0 Å². The molecule has 1 aliphatic carbocycles. The van der Waals surface area contributed by atoms with E-state index >= 15 is 0 Å². The Bertz CT molecular complexity index is 184. The predicted molar refractivity (Wildman–Crippen MR) is 44.8 cm³/mol. The van der Waals surface area contributed by atoms with Crippen LogP contribution in [0.4, 0.5) is 12.9 Å². The van der Waals surface area contributed by atoms with E-state index in [0.717, 1.165) is 12.8 Å². The predicted octanol–water partition coefficient (Wildman–Crippen LogP) is 0.513. The van der Waals surface area contributed by atoms with Gasteiger partial charge >= 0.3 is 58.4 Å². The van der Waals surface area contributed by atoms with Crippen LogP contribution in [0, 0.1) is 5.92 Å². The Balaban J connectivity index is 0.00000144. The molecule has 0 amide bonds. The zero-order valence-corrected chi connectivity index (χ0v) is 11.3. The van der Waals surface area contributed by atoms with E-state index in [2.05, 4.69) is 0 Å². The number of rotatable bonds is 3. The average molecular weight is 216 g/mol. The molecular formula is C8H13BF3K. The third kappa shape index (κ3) is 6.34. The summed E-state index contributed by atoms with van der Waals surface area (Å²) in [6.45, 7) is -3.14. The minimum Gasteiger partial charge on any atom is -0.445 e. The summed E-state index contributed by atoms with van der Waals surface area (Å²) in [4.78, 5) is 0. The Labute approximate surface area is 120 Å². The van der Waals surface area contributed by atoms with Crippen molar-refractivity contribution in [3.63, 3.8) is 0 Å². The molecule has 0 aromatic rings. The topological polar surface area (TPSA) is 0 Å². The van der Waals surface area contributed by atoms with E-state index < -0.39 is 6.98 Å². The quantitative estimate of drug-likeness (QED) is 0.603. The maximum absolute atomic E-state index is 11.9. The molecule has 0 aromatic carbocycles. The van der Waals surface area contributed by atoms with Gasteiger partial charge in [-0.15, -0.1) is 11.5 Å². The zero-order valence-electron chi connectivity index (χ0n) is 8.19. The van der Waals surface area contributed by atoms with Gasteiger partial charge in [0.05, 0.1) is 0 Å². The minimum absolute atomic E-state index is 0. The molecule has 1 aliphatic rings. The third-order valence-electron chi connectivity index (χ3n) is 2.31. The zero-order chi connectivity index (χ0) is 9.19. The largest absolute Gasteiger partial charge is 1.00 e. The molecule has 0 heterocycles. The van der Waals surface area contributed by atoms with Crippen molar-refractivity contribution in [3.8, 4) is 0 Å². The molecule has 1 saturated carbocycles. The van der Waals surface area contributed by atoms with Crippen LogP contribution in [-0.4, -0.2) is 6.98 Å². The molecule has 13 heavy (non-hydrogen) atoms. The van der Waals surface area contributed by atoms with Crippen molar-refractivity contribution in [2.45, 2.75) is 32.6 Å². The molecule has 0 N–H and O–H groups in total. The molecule has 0 atom stereocenters. The van der Waals surface area contributed by atoms with E-state index in [1.165, 1.54) is 6.42 Å². The van der Waals surface area contributed by atoms with Crippen LogP contribution >= 0.6 is 0 Å². The van der Waals surface area contributed by atoms with E-state index in [-0.39, 0.29) is 51.4 Å². The van der Waals surface area contributed by atoms with E-state index in [0.29, 0.717) is 23.9 Å². The Morgan fingerprint density at radius 1 is 1.38 bits per heavy atom. The van der Waals surface area contributed by atoms with Crippen molar-refractivity contribution >= 4 is 6.98 Å². The number of hydrogen-bond acceptors (Lipinski definition) is 0. The molecule has 1 fully saturated rings. The number of allylic oxidation sites excluding steroid dienone is 1. The number of halogens is 3. The van der Waals surface area contributed by atoms with Gasteiger partial charge in [-0.3, -0.25) is 0 Å². The van der Waals surface area contributed by atoms with Gasteiger partial charge in [-0.05, 0) is 19.3 Å². The summed E-state index contributed by atoms with van der Waals surface area (Å²) < 4.78 is 35.6. The van der Waals surface area contributed by atoms with Gasteiger partial charge in [0.15, 0.2) is 0 Å². The van der Waals surface area contributed by atoms with Crippen molar-refractivity contribution in [3.05, 3.63) is 11.5 Å². The molecule has 5 heteroatoms. The van der Waals surface area contributed by atoms with Gasteiger partial charge in [0.2, 0.25) is 0 Å². The molecule has 0 bridgehead atoms. The van der Waals surface area contributed by atoms with Gasteiger partial charge in [0.25, 0.3) is 0 Å². The summed E-state index contributed by atoms with van der Waals surface area (Å²) in [7, 11) is 0. The summed E-state index contributed by atoms with van der Waals surface area (Å²) in [5.74, 6) is 1.01. The Morgan fingerprint density at radius 3 is 2.23 bits per heavy atom. The molecule has 0 spiro atoms. The molecule has 0 aromatic heterocycles. The summed E-state index contributed by atoms with van der Waals surface area (Å²) in [6, 6.07) is 0. The summed E-state index contributed by atoms with van der Waals surface area (Å²) in [6.07, 6.45) is 4.04. The van der Waals surface area contributed by atoms with Crippen LogP contribution in [0.25, 0.3) is 0 Å². The molecule has 0 aliphatic heterocycles. The molecule has 0 nitrogen and oxygen atoms in total. The van der Waals surface area contributed by atoms with Crippen LogP contribution in [0.15, 0.2) is 11.5 Å². The minimum atomic E-state index is -4.72. The first-order valence-corrected chi connectivity index (χ1v) is 4.35. The van der Waals surface area contributed by atoms with Crippen LogP contribution in [0.1, 0.15) is 32.6 Å². The summed E-state index contributed by atoms with van der Waals surface area (Å²) in [5.41, 5.74) is 0.493. The molecule has 1 rings (SSSR count). The van der Waals surface area contributed by atoms with Gasteiger partial charge in [-0.25, -0.2) is 0 Å². The van der Waals surface area contributed by atoms with Crippen molar-refractivity contribution < 1.29 is 64.3 Å². The Morgan fingerprint density at radius 2 is 1.92 bits per heavy atom. The fourth-order valence-corrected chi connectivity index (χ4v) is 1.54. The fraction of sp³-hybridized carbons (Fsp3) is 0.750. The first-order valence-electron chi connectivity index (χ1n) is 4.35. The molecule has 70 valence electrons. The SMILES string of the molecule is C/C(=C\[B-](F)(F)F)CC1CCC1.[K+]. The van der Waals surface area contributed by atoms with Crippen LogP contribution < -0.4 is 51.4 Å². The van der Waals surface area contributed by atoms with Crippen molar-refractivity contribution in [1.29, 1.82) is 0 Å². The van der Waals surface area contributed by atoms with Gasteiger partial charge in [-0.2, -0.15) is 0 Å². The van der Waals surface area contributed by atoms with Gasteiger partial charge in [0, 0.05) is 0 Å². The molecule has 0 saturated heterocycles. The van der Waals surface area contributed by atoms with E-state index in [9.17, 15) is 12.9 Å². The van der Waals surface area contributed by atoms with Crippen LogP contribution in [0.5, 0.6) is 0 Å². The second-order valence-corrected chi connectivity index (χ2v) is 3.64. The van der Waals surface area contributed by atoms with Crippen molar-refractivity contribution in [1.82, 2.24) is 0 Å². The third-order valence-corrected chi connectivity index (χ3v) is 2.31. The van der Waals surface area contributed by atoms with Gasteiger partial charge < -0.3 is 12.9 Å². The maximum atomic E-state index is 11.9. The van der Waals surface area contributed by atoms with E-state index in [1.807, 2.05) is 0 Å². The van der Waals surface area contributed by atoms with Crippen molar-refractivity contribution in [2.75, 3.05) is 0 Å². The summed E-state index contributed by atoms with van der Waals surface area (Å²) in [5, 5.41) is 0. The number of hydrogen-bond donors (Lipinski definition) is 0. The molecular weight excluding hydrogens is 203 g/mol. The van der Waals surface area contributed by atoms with E-state index in [1.54, 1.807) is 6.92 Å². The molecule has 0 unspecified atom stereocenters. The Kier molecular flexibility index (Phi) is 6.52. The van der Waals surface area contributed by atoms with Gasteiger partial charge in [0.1, 0.15) is 0 Å². The van der Waals surface area contributed by atoms with Gasteiger partial charge in [-0.1, -0.05) is 19.3 Å². The summed E-state index contributed by atoms with van der Waals surface area (Å²) >= 11 is 0. The smallest absolute Gasteiger partial charge is 0.445 e. The average Bonchev–Trinajstić information content (AvgIpc) is 1.74. The normalized spacial score (nSPS) is 19.2. The van der Waals surface area contributed by atoms with Crippen molar-refractivity contribution in [2.24, 2.45) is 5.92 Å². The first kappa shape index (κ1) is 14.2. The second kappa shape index (κ2) is 5.96. The monoisotopic (exact) mass is 216 g/mol. The molecule has 0 radical (unpaired) electrons.